The van der Waals surface area contributed by atoms with E-state index in [2.05, 4.69) is 4.98 Å². The first-order chi connectivity index (χ1) is 16.9. The second-order valence-electron chi connectivity index (χ2n) is 8.52. The van der Waals surface area contributed by atoms with Crippen LogP contribution in [0.1, 0.15) is 33.3 Å². The quantitative estimate of drug-likeness (QED) is 0.324. The number of fused-ring (bicyclic) bond motifs is 2. The van der Waals surface area contributed by atoms with Gasteiger partial charge in [-0.05, 0) is 60.9 Å². The zero-order valence-electron chi connectivity index (χ0n) is 18.9. The van der Waals surface area contributed by atoms with Crippen LogP contribution in [0.2, 0.25) is 0 Å². The molecule has 1 atom stereocenters. The number of hydrogen-bond acceptors (Lipinski definition) is 7. The van der Waals surface area contributed by atoms with Gasteiger partial charge in [0, 0.05) is 17.8 Å². The second-order valence-corrected chi connectivity index (χ2v) is 9.53. The number of carbonyl (C=O) groups is 2. The number of hydrogen-bond donors (Lipinski definition) is 1. The minimum absolute atomic E-state index is 0.0487. The molecule has 1 aliphatic heterocycles. The molecule has 1 amide bonds. The first-order valence-corrected chi connectivity index (χ1v) is 11.8. The summed E-state index contributed by atoms with van der Waals surface area (Å²) in [5.41, 5.74) is 4.00. The number of aliphatic hydroxyl groups excluding tert-OH is 1. The lowest BCUT2D eigenvalue weighted by atomic mass is 9.96. The predicted octanol–water partition coefficient (Wildman–Crippen LogP) is 5.84. The lowest BCUT2D eigenvalue weighted by Gasteiger charge is -2.24. The Labute approximate surface area is 204 Å². The monoisotopic (exact) mass is 481 g/mol. The summed E-state index contributed by atoms with van der Waals surface area (Å²) in [5, 5.41) is 12.1. The molecule has 0 aliphatic carbocycles. The van der Waals surface area contributed by atoms with Gasteiger partial charge in [0.15, 0.2) is 16.7 Å². The van der Waals surface area contributed by atoms with Crippen molar-refractivity contribution < 1.29 is 19.1 Å². The molecule has 0 radical (unpaired) electrons. The van der Waals surface area contributed by atoms with Crippen molar-refractivity contribution >= 4 is 49.3 Å². The van der Waals surface area contributed by atoms with Crippen LogP contribution >= 0.6 is 11.3 Å². The molecular formula is C27H19N3O4S. The maximum atomic E-state index is 13.7. The van der Waals surface area contributed by atoms with Crippen LogP contribution in [0.15, 0.2) is 82.7 Å². The van der Waals surface area contributed by atoms with Gasteiger partial charge in [-0.2, -0.15) is 0 Å². The molecule has 1 unspecified atom stereocenters. The molecule has 0 fully saturated rings. The van der Waals surface area contributed by atoms with Crippen molar-refractivity contribution in [2.45, 2.75) is 19.9 Å². The van der Waals surface area contributed by atoms with Gasteiger partial charge in [0.2, 0.25) is 5.78 Å². The number of para-hydroxylation sites is 1. The number of benzene rings is 2. The normalized spacial score (nSPS) is 16.1. The van der Waals surface area contributed by atoms with Gasteiger partial charge in [-0.3, -0.25) is 19.5 Å². The summed E-state index contributed by atoms with van der Waals surface area (Å²) in [6, 6.07) is 15.5. The number of aromatic nitrogens is 2. The van der Waals surface area contributed by atoms with E-state index in [-0.39, 0.29) is 11.3 Å². The Bertz CT molecular complexity index is 1650. The van der Waals surface area contributed by atoms with E-state index in [0.717, 1.165) is 26.7 Å². The number of furan rings is 1. The molecule has 4 heterocycles. The van der Waals surface area contributed by atoms with E-state index in [4.69, 9.17) is 9.40 Å². The summed E-state index contributed by atoms with van der Waals surface area (Å²) < 4.78 is 6.70. The molecule has 5 aromatic rings. The SMILES string of the molecule is Cc1cc(C)c2nc(N3C(=O)C(O)=C(C(=O)c4cc5ccccc5o4)C3c3ccncc3)sc2c1. The highest BCUT2D eigenvalue weighted by Crippen LogP contribution is 2.44. The number of thiazole rings is 1. The van der Waals surface area contributed by atoms with Crippen LogP contribution in [-0.4, -0.2) is 26.8 Å². The Balaban J connectivity index is 1.52. The van der Waals surface area contributed by atoms with E-state index in [0.29, 0.717) is 16.3 Å². The largest absolute Gasteiger partial charge is 0.503 e. The van der Waals surface area contributed by atoms with Gasteiger partial charge in [-0.1, -0.05) is 35.6 Å². The lowest BCUT2D eigenvalue weighted by molar-refractivity contribution is -0.117. The van der Waals surface area contributed by atoms with Gasteiger partial charge in [0.05, 0.1) is 21.8 Å². The van der Waals surface area contributed by atoms with Gasteiger partial charge in [-0.15, -0.1) is 0 Å². The van der Waals surface area contributed by atoms with E-state index in [1.54, 1.807) is 36.7 Å². The van der Waals surface area contributed by atoms with E-state index in [9.17, 15) is 14.7 Å². The fourth-order valence-electron chi connectivity index (χ4n) is 4.58. The summed E-state index contributed by atoms with van der Waals surface area (Å²) in [4.78, 5) is 37.3. The van der Waals surface area contributed by atoms with Crippen LogP contribution in [0, 0.1) is 13.8 Å². The van der Waals surface area contributed by atoms with Crippen molar-refractivity contribution in [3.8, 4) is 0 Å². The summed E-state index contributed by atoms with van der Waals surface area (Å²) in [6.45, 7) is 3.97. The Morgan fingerprint density at radius 1 is 1.09 bits per heavy atom. The molecule has 3 aromatic heterocycles. The molecule has 7 nitrogen and oxygen atoms in total. The van der Waals surface area contributed by atoms with E-state index >= 15 is 0 Å². The number of Topliss-reactive ketones (excluding diaryl/α,β-unsaturated/α-hetero) is 1. The summed E-state index contributed by atoms with van der Waals surface area (Å²) in [5.74, 6) is -1.79. The maximum Gasteiger partial charge on any atom is 0.296 e. The molecule has 0 saturated carbocycles. The van der Waals surface area contributed by atoms with E-state index in [1.807, 2.05) is 44.2 Å². The average molecular weight is 482 g/mol. The lowest BCUT2D eigenvalue weighted by Crippen LogP contribution is -2.31. The van der Waals surface area contributed by atoms with Gasteiger partial charge in [0.1, 0.15) is 5.58 Å². The zero-order valence-corrected chi connectivity index (χ0v) is 19.7. The molecule has 172 valence electrons. The molecule has 1 aliphatic rings. The number of aliphatic hydroxyl groups is 1. The van der Waals surface area contributed by atoms with Crippen molar-refractivity contribution in [1.29, 1.82) is 0 Å². The van der Waals surface area contributed by atoms with Crippen molar-refractivity contribution in [2.24, 2.45) is 0 Å². The molecule has 0 spiro atoms. The standard InChI is InChI=1S/C27H19N3O4S/c1-14-11-15(2)22-20(12-14)35-27(29-22)30-23(16-7-9-28-10-8-16)21(25(32)26(30)33)24(31)19-13-17-5-3-4-6-18(17)34-19/h3-13,23,32H,1-2H3. The highest BCUT2D eigenvalue weighted by molar-refractivity contribution is 7.22. The third-order valence-electron chi connectivity index (χ3n) is 6.15. The van der Waals surface area contributed by atoms with Gasteiger partial charge >= 0.3 is 0 Å². The van der Waals surface area contributed by atoms with Crippen LogP contribution in [-0.2, 0) is 4.79 Å². The van der Waals surface area contributed by atoms with Crippen LogP contribution in [0.5, 0.6) is 0 Å². The number of ketones is 1. The Morgan fingerprint density at radius 2 is 1.86 bits per heavy atom. The molecule has 35 heavy (non-hydrogen) atoms. The van der Waals surface area contributed by atoms with E-state index in [1.165, 1.54) is 16.2 Å². The fraction of sp³-hybridized carbons (Fsp3) is 0.111. The fourth-order valence-corrected chi connectivity index (χ4v) is 5.75. The molecule has 8 heteroatoms. The highest BCUT2D eigenvalue weighted by Gasteiger charge is 2.46. The van der Waals surface area contributed by atoms with Crippen LogP contribution in [0.25, 0.3) is 21.2 Å². The van der Waals surface area contributed by atoms with Crippen LogP contribution in [0.3, 0.4) is 0 Å². The van der Waals surface area contributed by atoms with E-state index < -0.39 is 23.5 Å². The number of rotatable bonds is 4. The van der Waals surface area contributed by atoms with Crippen molar-refractivity contribution in [1.82, 2.24) is 9.97 Å². The van der Waals surface area contributed by atoms with Crippen molar-refractivity contribution in [3.05, 3.63) is 101 Å². The van der Waals surface area contributed by atoms with Crippen molar-refractivity contribution in [2.75, 3.05) is 4.90 Å². The van der Waals surface area contributed by atoms with Gasteiger partial charge in [-0.25, -0.2) is 4.98 Å². The molecule has 0 bridgehead atoms. The Hall–Kier alpha value is -4.30. The molecular weight excluding hydrogens is 462 g/mol. The number of nitrogens with zero attached hydrogens (tertiary/aromatic N) is 3. The average Bonchev–Trinajstić information content (AvgIpc) is 3.54. The van der Waals surface area contributed by atoms with Gasteiger partial charge < -0.3 is 9.52 Å². The Kier molecular flexibility index (Phi) is 4.79. The predicted molar refractivity (Wildman–Crippen MR) is 134 cm³/mol. The topological polar surface area (TPSA) is 96.5 Å². The summed E-state index contributed by atoms with van der Waals surface area (Å²) >= 11 is 1.35. The number of carbonyl (C=O) groups excluding carboxylic acids is 2. The first kappa shape index (κ1) is 21.2. The third-order valence-corrected chi connectivity index (χ3v) is 7.15. The summed E-state index contributed by atoms with van der Waals surface area (Å²) in [7, 11) is 0. The highest BCUT2D eigenvalue weighted by atomic mass is 32.1. The number of aryl methyl sites for hydroxylation is 2. The van der Waals surface area contributed by atoms with Crippen LogP contribution in [0.4, 0.5) is 5.13 Å². The molecule has 1 N–H and O–H groups in total. The van der Waals surface area contributed by atoms with Crippen LogP contribution < -0.4 is 4.90 Å². The second kappa shape index (κ2) is 7.89. The minimum atomic E-state index is -0.881. The minimum Gasteiger partial charge on any atom is -0.503 e. The first-order valence-electron chi connectivity index (χ1n) is 11.0. The Morgan fingerprint density at radius 3 is 2.63 bits per heavy atom. The third kappa shape index (κ3) is 3.33. The molecule has 2 aromatic carbocycles. The van der Waals surface area contributed by atoms with Crippen molar-refractivity contribution in [3.63, 3.8) is 0 Å². The van der Waals surface area contributed by atoms with Gasteiger partial charge in [0.25, 0.3) is 5.91 Å². The smallest absolute Gasteiger partial charge is 0.296 e. The maximum absolute atomic E-state index is 13.7. The zero-order chi connectivity index (χ0) is 24.3. The molecule has 6 rings (SSSR count). The summed E-state index contributed by atoms with van der Waals surface area (Å²) in [6.07, 6.45) is 3.17. The number of pyridine rings is 1. The molecule has 0 saturated heterocycles. The number of anilines is 1. The number of amides is 1.